The van der Waals surface area contributed by atoms with Gasteiger partial charge in [0, 0.05) is 13.2 Å². The Balaban J connectivity index is 0.000000289. The smallest absolute Gasteiger partial charge is 0.0468 e. The van der Waals surface area contributed by atoms with Crippen molar-refractivity contribution in [1.29, 1.82) is 0 Å². The average Bonchev–Trinajstić information content (AvgIpc) is 2.43. The van der Waals surface area contributed by atoms with Gasteiger partial charge in [-0.05, 0) is 54.9 Å². The molecule has 0 aliphatic carbocycles. The molecule has 0 spiro atoms. The van der Waals surface area contributed by atoms with Gasteiger partial charge in [-0.15, -0.1) is 0 Å². The van der Waals surface area contributed by atoms with Crippen LogP contribution in [0.25, 0.3) is 0 Å². The van der Waals surface area contributed by atoms with E-state index in [4.69, 9.17) is 4.74 Å². The Hall–Kier alpha value is 0.310. The van der Waals surface area contributed by atoms with Gasteiger partial charge in [-0.1, -0.05) is 34.6 Å². The van der Waals surface area contributed by atoms with Gasteiger partial charge in [0.15, 0.2) is 0 Å². The highest BCUT2D eigenvalue weighted by Crippen LogP contribution is 2.27. The van der Waals surface area contributed by atoms with Gasteiger partial charge < -0.3 is 4.74 Å². The summed E-state index contributed by atoms with van der Waals surface area (Å²) in [4.78, 5) is 0. The minimum absolute atomic E-state index is 0.911. The Labute approximate surface area is 119 Å². The SMILES string of the molecule is CC.CC(C)C1CCSCC1.CC1CCOCC1. The van der Waals surface area contributed by atoms with Gasteiger partial charge in [0.25, 0.3) is 0 Å². The quantitative estimate of drug-likeness (QED) is 0.646. The summed E-state index contributed by atoms with van der Waals surface area (Å²) < 4.78 is 5.14. The van der Waals surface area contributed by atoms with Gasteiger partial charge in [-0.2, -0.15) is 11.8 Å². The number of hydrogen-bond acceptors (Lipinski definition) is 2. The van der Waals surface area contributed by atoms with Gasteiger partial charge in [0.05, 0.1) is 0 Å². The first-order valence-electron chi connectivity index (χ1n) is 7.85. The lowest BCUT2D eigenvalue weighted by molar-refractivity contribution is 0.0716. The fourth-order valence-electron chi connectivity index (χ4n) is 2.20. The molecule has 0 aromatic heterocycles. The van der Waals surface area contributed by atoms with Crippen molar-refractivity contribution in [3.05, 3.63) is 0 Å². The standard InChI is InChI=1S/C8H16S.C6H12O.C2H6/c1-7(2)8-3-5-9-6-4-8;1-6-2-4-7-5-3-6;1-2/h7-8H,3-6H2,1-2H3;6H,2-5H2,1H3;1-2H3. The first-order chi connectivity index (χ1) is 8.70. The van der Waals surface area contributed by atoms with E-state index in [-0.39, 0.29) is 0 Å². The summed E-state index contributed by atoms with van der Waals surface area (Å²) >= 11 is 2.12. The first kappa shape index (κ1) is 18.3. The molecule has 2 aliphatic rings. The van der Waals surface area contributed by atoms with E-state index in [1.165, 1.54) is 37.2 Å². The van der Waals surface area contributed by atoms with Crippen molar-refractivity contribution in [2.24, 2.45) is 17.8 Å². The molecule has 0 N–H and O–H groups in total. The zero-order chi connectivity index (χ0) is 13.8. The third kappa shape index (κ3) is 9.27. The topological polar surface area (TPSA) is 9.23 Å². The van der Waals surface area contributed by atoms with Crippen molar-refractivity contribution < 1.29 is 4.74 Å². The van der Waals surface area contributed by atoms with E-state index in [2.05, 4.69) is 32.5 Å². The second-order valence-corrected chi connectivity index (χ2v) is 6.71. The van der Waals surface area contributed by atoms with Crippen LogP contribution in [0.2, 0.25) is 0 Å². The number of thioether (sulfide) groups is 1. The molecule has 18 heavy (non-hydrogen) atoms. The molecular weight excluding hydrogens is 240 g/mol. The molecule has 0 aromatic rings. The minimum Gasteiger partial charge on any atom is -0.381 e. The van der Waals surface area contributed by atoms with Crippen molar-refractivity contribution in [2.45, 2.75) is 60.3 Å². The summed E-state index contributed by atoms with van der Waals surface area (Å²) in [5.74, 6) is 5.68. The van der Waals surface area contributed by atoms with Crippen LogP contribution < -0.4 is 0 Å². The third-order valence-electron chi connectivity index (χ3n) is 3.72. The molecule has 2 saturated heterocycles. The molecule has 0 aromatic carbocycles. The molecule has 110 valence electrons. The molecule has 0 saturated carbocycles. The highest BCUT2D eigenvalue weighted by atomic mass is 32.2. The van der Waals surface area contributed by atoms with Crippen molar-refractivity contribution in [2.75, 3.05) is 24.7 Å². The molecule has 2 rings (SSSR count). The van der Waals surface area contributed by atoms with E-state index >= 15 is 0 Å². The molecule has 2 fully saturated rings. The highest BCUT2D eigenvalue weighted by Gasteiger charge is 2.16. The molecule has 0 amide bonds. The zero-order valence-corrected chi connectivity index (χ0v) is 14.0. The summed E-state index contributed by atoms with van der Waals surface area (Å²) in [6.45, 7) is 13.0. The lowest BCUT2D eigenvalue weighted by Crippen LogP contribution is -2.14. The normalized spacial score (nSPS) is 21.7. The second kappa shape index (κ2) is 12.3. The van der Waals surface area contributed by atoms with Gasteiger partial charge in [0.2, 0.25) is 0 Å². The maximum Gasteiger partial charge on any atom is 0.0468 e. The minimum atomic E-state index is 0.911. The first-order valence-corrected chi connectivity index (χ1v) is 9.01. The Bertz CT molecular complexity index is 158. The Morgan fingerprint density at radius 1 is 0.944 bits per heavy atom. The lowest BCUT2D eigenvalue weighted by atomic mass is 9.91. The monoisotopic (exact) mass is 274 g/mol. The van der Waals surface area contributed by atoms with E-state index in [0.29, 0.717) is 0 Å². The van der Waals surface area contributed by atoms with E-state index in [0.717, 1.165) is 31.0 Å². The number of ether oxygens (including phenoxy) is 1. The largest absolute Gasteiger partial charge is 0.381 e. The molecular formula is C16H34OS. The van der Waals surface area contributed by atoms with Gasteiger partial charge in [0.1, 0.15) is 0 Å². The van der Waals surface area contributed by atoms with Crippen molar-refractivity contribution in [3.8, 4) is 0 Å². The van der Waals surface area contributed by atoms with Crippen LogP contribution in [0.1, 0.15) is 60.3 Å². The van der Waals surface area contributed by atoms with E-state index in [9.17, 15) is 0 Å². The predicted molar refractivity (Wildman–Crippen MR) is 85.5 cm³/mol. The van der Waals surface area contributed by atoms with Crippen molar-refractivity contribution in [1.82, 2.24) is 0 Å². The van der Waals surface area contributed by atoms with Crippen LogP contribution in [-0.4, -0.2) is 24.7 Å². The fraction of sp³-hybridized carbons (Fsp3) is 1.00. The van der Waals surface area contributed by atoms with Crippen LogP contribution in [0, 0.1) is 17.8 Å². The van der Waals surface area contributed by atoms with E-state index in [1.54, 1.807) is 0 Å². The van der Waals surface area contributed by atoms with Gasteiger partial charge in [-0.25, -0.2) is 0 Å². The van der Waals surface area contributed by atoms with E-state index in [1.807, 2.05) is 13.8 Å². The molecule has 0 unspecified atom stereocenters. The highest BCUT2D eigenvalue weighted by molar-refractivity contribution is 7.99. The maximum absolute atomic E-state index is 5.14. The molecule has 0 atom stereocenters. The Kier molecular flexibility index (Phi) is 12.6. The van der Waals surface area contributed by atoms with Crippen molar-refractivity contribution in [3.63, 3.8) is 0 Å². The molecule has 1 nitrogen and oxygen atoms in total. The molecule has 2 heterocycles. The van der Waals surface area contributed by atoms with Crippen LogP contribution in [0.3, 0.4) is 0 Å². The van der Waals surface area contributed by atoms with Crippen LogP contribution in [0.15, 0.2) is 0 Å². The van der Waals surface area contributed by atoms with Crippen LogP contribution >= 0.6 is 11.8 Å². The van der Waals surface area contributed by atoms with E-state index < -0.39 is 0 Å². The fourth-order valence-corrected chi connectivity index (χ4v) is 3.34. The zero-order valence-electron chi connectivity index (χ0n) is 13.2. The summed E-state index contributed by atoms with van der Waals surface area (Å²) in [5.41, 5.74) is 0. The molecule has 2 heteroatoms. The van der Waals surface area contributed by atoms with Crippen LogP contribution in [-0.2, 0) is 4.74 Å². The predicted octanol–water partition coefficient (Wildman–Crippen LogP) is 5.24. The second-order valence-electron chi connectivity index (χ2n) is 5.49. The Morgan fingerprint density at radius 3 is 1.72 bits per heavy atom. The number of hydrogen-bond donors (Lipinski definition) is 0. The van der Waals surface area contributed by atoms with Crippen LogP contribution in [0.5, 0.6) is 0 Å². The molecule has 2 aliphatic heterocycles. The number of rotatable bonds is 1. The molecule has 0 bridgehead atoms. The maximum atomic E-state index is 5.14. The Morgan fingerprint density at radius 2 is 1.44 bits per heavy atom. The summed E-state index contributed by atoms with van der Waals surface area (Å²) in [5, 5.41) is 0. The summed E-state index contributed by atoms with van der Waals surface area (Å²) in [7, 11) is 0. The van der Waals surface area contributed by atoms with Gasteiger partial charge >= 0.3 is 0 Å². The van der Waals surface area contributed by atoms with Gasteiger partial charge in [-0.3, -0.25) is 0 Å². The van der Waals surface area contributed by atoms with Crippen LogP contribution in [0.4, 0.5) is 0 Å². The van der Waals surface area contributed by atoms with Crippen molar-refractivity contribution >= 4 is 11.8 Å². The summed E-state index contributed by atoms with van der Waals surface area (Å²) in [6, 6.07) is 0. The molecule has 0 radical (unpaired) electrons. The lowest BCUT2D eigenvalue weighted by Gasteiger charge is -2.24. The average molecular weight is 275 g/mol. The summed E-state index contributed by atoms with van der Waals surface area (Å²) in [6.07, 6.45) is 5.45. The third-order valence-corrected chi connectivity index (χ3v) is 4.77.